The minimum atomic E-state index is -0.0862. The molecule has 0 aromatic heterocycles. The van der Waals surface area contributed by atoms with Gasteiger partial charge in [0.15, 0.2) is 0 Å². The van der Waals surface area contributed by atoms with Gasteiger partial charge < -0.3 is 20.1 Å². The lowest BCUT2D eigenvalue weighted by molar-refractivity contribution is -0.115. The van der Waals surface area contributed by atoms with E-state index in [4.69, 9.17) is 9.47 Å². The molecular weight excluding hydrogens is 244 g/mol. The molecule has 1 aromatic carbocycles. The molecule has 0 fully saturated rings. The fourth-order valence-electron chi connectivity index (χ4n) is 1.64. The minimum Gasteiger partial charge on any atom is -0.497 e. The van der Waals surface area contributed by atoms with E-state index in [2.05, 4.69) is 10.6 Å². The van der Waals surface area contributed by atoms with Gasteiger partial charge in [0.1, 0.15) is 5.75 Å². The van der Waals surface area contributed by atoms with E-state index in [9.17, 15) is 4.79 Å². The average Bonchev–Trinajstić information content (AvgIpc) is 2.39. The van der Waals surface area contributed by atoms with Crippen LogP contribution in [0.2, 0.25) is 0 Å². The van der Waals surface area contributed by atoms with Crippen molar-refractivity contribution in [3.8, 4) is 5.75 Å². The lowest BCUT2D eigenvalue weighted by Gasteiger charge is -2.12. The Bertz CT molecular complexity index is 396. The maximum atomic E-state index is 11.7. The third-order valence-electron chi connectivity index (χ3n) is 2.52. The summed E-state index contributed by atoms with van der Waals surface area (Å²) in [5.41, 5.74) is 0.726. The van der Waals surface area contributed by atoms with E-state index in [0.717, 1.165) is 11.4 Å². The molecule has 0 aliphatic carbocycles. The fraction of sp³-hybridized carbons (Fsp3) is 0.500. The largest absolute Gasteiger partial charge is 0.497 e. The number of nitrogens with one attached hydrogen (secondary N) is 2. The molecule has 0 saturated carbocycles. The summed E-state index contributed by atoms with van der Waals surface area (Å²) >= 11 is 0. The first-order valence-corrected chi connectivity index (χ1v) is 6.42. The molecule has 1 rings (SSSR count). The molecule has 0 bridgehead atoms. The van der Waals surface area contributed by atoms with E-state index in [1.165, 1.54) is 0 Å². The van der Waals surface area contributed by atoms with E-state index < -0.39 is 0 Å². The molecule has 19 heavy (non-hydrogen) atoms. The van der Waals surface area contributed by atoms with Gasteiger partial charge in [-0.1, -0.05) is 6.07 Å². The zero-order valence-electron chi connectivity index (χ0n) is 11.7. The van der Waals surface area contributed by atoms with E-state index in [1.807, 2.05) is 32.0 Å². The van der Waals surface area contributed by atoms with Crippen LogP contribution in [0.15, 0.2) is 24.3 Å². The molecule has 1 unspecified atom stereocenters. The number of anilines is 1. The number of carbonyl (C=O) groups excluding carboxylic acids is 1. The molecule has 0 saturated heterocycles. The zero-order valence-corrected chi connectivity index (χ0v) is 11.7. The third-order valence-corrected chi connectivity index (χ3v) is 2.52. The Morgan fingerprint density at radius 1 is 1.42 bits per heavy atom. The molecule has 0 aliphatic heterocycles. The lowest BCUT2D eigenvalue weighted by atomic mass is 10.3. The third kappa shape index (κ3) is 6.22. The van der Waals surface area contributed by atoms with E-state index in [0.29, 0.717) is 13.2 Å². The van der Waals surface area contributed by atoms with Crippen molar-refractivity contribution in [1.82, 2.24) is 5.32 Å². The maximum Gasteiger partial charge on any atom is 0.238 e. The quantitative estimate of drug-likeness (QED) is 0.751. The Kier molecular flexibility index (Phi) is 6.92. The Hall–Kier alpha value is -1.59. The molecule has 0 spiro atoms. The first-order valence-electron chi connectivity index (χ1n) is 6.42. The summed E-state index contributed by atoms with van der Waals surface area (Å²) in [5.74, 6) is 0.632. The van der Waals surface area contributed by atoms with Gasteiger partial charge in [0, 0.05) is 24.9 Å². The Morgan fingerprint density at radius 2 is 2.21 bits per heavy atom. The highest BCUT2D eigenvalue weighted by Crippen LogP contribution is 2.16. The van der Waals surface area contributed by atoms with Crippen LogP contribution in [0.1, 0.15) is 13.8 Å². The molecular formula is C14H22N2O3. The number of ether oxygens (including phenoxy) is 2. The van der Waals surface area contributed by atoms with Crippen molar-refractivity contribution < 1.29 is 14.3 Å². The van der Waals surface area contributed by atoms with Crippen LogP contribution in [0.3, 0.4) is 0 Å². The summed E-state index contributed by atoms with van der Waals surface area (Å²) < 4.78 is 10.5. The van der Waals surface area contributed by atoms with E-state index in [1.54, 1.807) is 13.2 Å². The van der Waals surface area contributed by atoms with Gasteiger partial charge >= 0.3 is 0 Å². The monoisotopic (exact) mass is 266 g/mol. The minimum absolute atomic E-state index is 0.0862. The predicted octanol–water partition coefficient (Wildman–Crippen LogP) is 1.65. The molecule has 1 atom stereocenters. The molecule has 0 heterocycles. The van der Waals surface area contributed by atoms with E-state index >= 15 is 0 Å². The summed E-state index contributed by atoms with van der Waals surface area (Å²) in [5, 5.41) is 5.85. The maximum absolute atomic E-state index is 11.7. The molecule has 1 aromatic rings. The second kappa shape index (κ2) is 8.50. The van der Waals surface area contributed by atoms with Crippen LogP contribution in [-0.2, 0) is 9.53 Å². The summed E-state index contributed by atoms with van der Waals surface area (Å²) in [7, 11) is 1.59. The smallest absolute Gasteiger partial charge is 0.238 e. The summed E-state index contributed by atoms with van der Waals surface area (Å²) in [6, 6.07) is 7.26. The summed E-state index contributed by atoms with van der Waals surface area (Å²) in [6.07, 6.45) is 0.106. The van der Waals surface area contributed by atoms with Crippen molar-refractivity contribution in [3.05, 3.63) is 24.3 Å². The molecule has 106 valence electrons. The van der Waals surface area contributed by atoms with Crippen molar-refractivity contribution in [2.45, 2.75) is 20.0 Å². The van der Waals surface area contributed by atoms with Crippen LogP contribution in [0.4, 0.5) is 5.69 Å². The predicted molar refractivity (Wildman–Crippen MR) is 75.6 cm³/mol. The first-order chi connectivity index (χ1) is 9.15. The fourth-order valence-corrected chi connectivity index (χ4v) is 1.64. The van der Waals surface area contributed by atoms with Gasteiger partial charge in [0.05, 0.1) is 19.8 Å². The normalized spacial score (nSPS) is 11.9. The first kappa shape index (κ1) is 15.5. The van der Waals surface area contributed by atoms with Crippen molar-refractivity contribution in [1.29, 1.82) is 0 Å². The number of carbonyl (C=O) groups is 1. The molecule has 2 N–H and O–H groups in total. The molecule has 0 radical (unpaired) electrons. The highest BCUT2D eigenvalue weighted by atomic mass is 16.5. The number of methoxy groups -OCH3 is 1. The molecule has 5 nitrogen and oxygen atoms in total. The zero-order chi connectivity index (χ0) is 14.1. The van der Waals surface area contributed by atoms with Gasteiger partial charge in [-0.25, -0.2) is 0 Å². The highest BCUT2D eigenvalue weighted by molar-refractivity contribution is 5.92. The van der Waals surface area contributed by atoms with Gasteiger partial charge in [-0.05, 0) is 26.0 Å². The Balaban J connectivity index is 2.30. The number of hydrogen-bond acceptors (Lipinski definition) is 4. The average molecular weight is 266 g/mol. The lowest BCUT2D eigenvalue weighted by Crippen LogP contribution is -2.33. The van der Waals surface area contributed by atoms with Gasteiger partial charge in [0.25, 0.3) is 0 Å². The SMILES string of the molecule is CCOC(C)CNCC(=O)Nc1cccc(OC)c1. The number of benzene rings is 1. The van der Waals surface area contributed by atoms with Crippen LogP contribution in [0, 0.1) is 0 Å². The van der Waals surface area contributed by atoms with Gasteiger partial charge in [0.2, 0.25) is 5.91 Å². The topological polar surface area (TPSA) is 59.6 Å². The van der Waals surface area contributed by atoms with Crippen LogP contribution in [0.5, 0.6) is 5.75 Å². The van der Waals surface area contributed by atoms with Crippen LogP contribution in [0.25, 0.3) is 0 Å². The van der Waals surface area contributed by atoms with Gasteiger partial charge in [-0.15, -0.1) is 0 Å². The van der Waals surface area contributed by atoms with Gasteiger partial charge in [-0.3, -0.25) is 4.79 Å². The highest BCUT2D eigenvalue weighted by Gasteiger charge is 2.05. The Labute approximate surface area is 114 Å². The summed E-state index contributed by atoms with van der Waals surface area (Å²) in [6.45, 7) is 5.51. The van der Waals surface area contributed by atoms with Crippen LogP contribution in [-0.4, -0.2) is 38.8 Å². The van der Waals surface area contributed by atoms with Crippen LogP contribution >= 0.6 is 0 Å². The van der Waals surface area contributed by atoms with Crippen molar-refractivity contribution in [3.63, 3.8) is 0 Å². The van der Waals surface area contributed by atoms with Crippen LogP contribution < -0.4 is 15.4 Å². The summed E-state index contributed by atoms with van der Waals surface area (Å²) in [4.78, 5) is 11.7. The second-order valence-electron chi connectivity index (χ2n) is 4.18. The number of rotatable bonds is 8. The molecule has 0 aliphatic rings. The molecule has 5 heteroatoms. The second-order valence-corrected chi connectivity index (χ2v) is 4.18. The number of hydrogen-bond donors (Lipinski definition) is 2. The Morgan fingerprint density at radius 3 is 2.89 bits per heavy atom. The molecule has 1 amide bonds. The van der Waals surface area contributed by atoms with Crippen molar-refractivity contribution >= 4 is 11.6 Å². The number of amides is 1. The van der Waals surface area contributed by atoms with Crippen molar-refractivity contribution in [2.24, 2.45) is 0 Å². The van der Waals surface area contributed by atoms with Gasteiger partial charge in [-0.2, -0.15) is 0 Å². The standard InChI is InChI=1S/C14H22N2O3/c1-4-19-11(2)9-15-10-14(17)16-12-6-5-7-13(8-12)18-3/h5-8,11,15H,4,9-10H2,1-3H3,(H,16,17). The van der Waals surface area contributed by atoms with Crippen molar-refractivity contribution in [2.75, 3.05) is 32.1 Å². The van der Waals surface area contributed by atoms with E-state index in [-0.39, 0.29) is 18.6 Å².